The minimum Gasteiger partial charge on any atom is -0.450 e. The van der Waals surface area contributed by atoms with E-state index in [4.69, 9.17) is 19.4 Å². The molecule has 48 heavy (non-hydrogen) atoms. The Balaban J connectivity index is 1.11. The summed E-state index contributed by atoms with van der Waals surface area (Å²) in [6.07, 6.45) is 0. The average Bonchev–Trinajstić information content (AvgIpc) is 3.14. The van der Waals surface area contributed by atoms with Gasteiger partial charge in [-0.2, -0.15) is 0 Å². The zero-order chi connectivity index (χ0) is 32.2. The maximum atomic E-state index is 6.61. The van der Waals surface area contributed by atoms with Crippen molar-refractivity contribution in [3.05, 3.63) is 163 Å². The monoisotopic (exact) mass is 621 g/mol. The van der Waals surface area contributed by atoms with Gasteiger partial charge in [0, 0.05) is 28.2 Å². The molecular weight excluding hydrogens is 590 g/mol. The molecule has 1 aromatic heterocycles. The van der Waals surface area contributed by atoms with Gasteiger partial charge < -0.3 is 14.4 Å². The van der Waals surface area contributed by atoms with Crippen LogP contribution in [0.2, 0.25) is 0 Å². The Kier molecular flexibility index (Phi) is 6.40. The molecule has 2 aliphatic heterocycles. The molecule has 6 aromatic carbocycles. The maximum absolute atomic E-state index is 6.61. The summed E-state index contributed by atoms with van der Waals surface area (Å²) in [5.41, 5.74) is 10.4. The van der Waals surface area contributed by atoms with E-state index in [0.29, 0.717) is 28.8 Å². The van der Waals surface area contributed by atoms with E-state index < -0.39 is 0 Å². The van der Waals surface area contributed by atoms with E-state index in [1.54, 1.807) is 0 Å². The number of ether oxygens (including phenoxy) is 2. The summed E-state index contributed by atoms with van der Waals surface area (Å²) in [5, 5.41) is 0. The Morgan fingerprint density at radius 3 is 1.56 bits per heavy atom. The highest BCUT2D eigenvalue weighted by Gasteiger charge is 2.36. The van der Waals surface area contributed by atoms with Crippen LogP contribution in [0.5, 0.6) is 23.0 Å². The first kappa shape index (κ1) is 28.1. The third kappa shape index (κ3) is 4.63. The minimum atomic E-state index is -0.132. The molecular formula is C43H31N3O2. The highest BCUT2D eigenvalue weighted by Crippen LogP contribution is 2.54. The number of fused-ring (bicyclic) bond motifs is 4. The Bertz CT molecular complexity index is 2230. The van der Waals surface area contributed by atoms with E-state index >= 15 is 0 Å². The Morgan fingerprint density at radius 1 is 0.458 bits per heavy atom. The van der Waals surface area contributed by atoms with Crippen LogP contribution in [-0.4, -0.2) is 9.97 Å². The van der Waals surface area contributed by atoms with Crippen LogP contribution in [0.25, 0.3) is 33.9 Å². The number of rotatable bonds is 4. The van der Waals surface area contributed by atoms with E-state index in [1.807, 2.05) is 66.7 Å². The van der Waals surface area contributed by atoms with Crippen molar-refractivity contribution in [3.63, 3.8) is 0 Å². The van der Waals surface area contributed by atoms with Crippen LogP contribution in [0.15, 0.2) is 152 Å². The standard InChI is InChI=1S/C43H31N3O2/c1-43(2)32-17-9-11-19-36(32)46(37-20-12-10-18-33(37)43)31-22-24-39-41(26-31)48-40-25-30(21-23-38(40)47-39)42-44-34(28-13-5-3-6-14-28)27-35(45-42)29-15-7-4-8-16-29/h3-27H,1-2H3. The molecule has 9 rings (SSSR count). The van der Waals surface area contributed by atoms with Crippen molar-refractivity contribution in [1.29, 1.82) is 0 Å². The second kappa shape index (κ2) is 11.0. The number of hydrogen-bond donors (Lipinski definition) is 0. The van der Waals surface area contributed by atoms with Crippen LogP contribution in [-0.2, 0) is 5.41 Å². The molecule has 5 heteroatoms. The van der Waals surface area contributed by atoms with Gasteiger partial charge in [0.15, 0.2) is 28.8 Å². The first-order chi connectivity index (χ1) is 23.5. The van der Waals surface area contributed by atoms with Gasteiger partial charge in [0.2, 0.25) is 0 Å². The lowest BCUT2D eigenvalue weighted by molar-refractivity contribution is 0.360. The van der Waals surface area contributed by atoms with Crippen molar-refractivity contribution in [2.75, 3.05) is 4.90 Å². The largest absolute Gasteiger partial charge is 0.450 e. The van der Waals surface area contributed by atoms with Gasteiger partial charge in [-0.3, -0.25) is 0 Å². The summed E-state index contributed by atoms with van der Waals surface area (Å²) < 4.78 is 13.0. The van der Waals surface area contributed by atoms with Crippen molar-refractivity contribution < 1.29 is 9.47 Å². The maximum Gasteiger partial charge on any atom is 0.172 e. The number of anilines is 3. The minimum absolute atomic E-state index is 0.132. The molecule has 5 nitrogen and oxygen atoms in total. The quantitative estimate of drug-likeness (QED) is 0.196. The molecule has 3 heterocycles. The van der Waals surface area contributed by atoms with Gasteiger partial charge in [0.25, 0.3) is 0 Å². The second-order valence-electron chi connectivity index (χ2n) is 12.7. The van der Waals surface area contributed by atoms with Gasteiger partial charge >= 0.3 is 0 Å². The molecule has 0 N–H and O–H groups in total. The lowest BCUT2D eigenvalue weighted by Crippen LogP contribution is -2.30. The molecule has 230 valence electrons. The van der Waals surface area contributed by atoms with Crippen molar-refractivity contribution in [3.8, 4) is 56.9 Å². The molecule has 0 spiro atoms. The molecule has 7 aromatic rings. The summed E-state index contributed by atoms with van der Waals surface area (Å²) in [7, 11) is 0. The van der Waals surface area contributed by atoms with E-state index in [0.717, 1.165) is 45.1 Å². The van der Waals surface area contributed by atoms with Crippen LogP contribution >= 0.6 is 0 Å². The highest BCUT2D eigenvalue weighted by molar-refractivity contribution is 5.86. The van der Waals surface area contributed by atoms with Crippen molar-refractivity contribution in [2.45, 2.75) is 19.3 Å². The summed E-state index contributed by atoms with van der Waals surface area (Å²) in [6.45, 7) is 4.59. The number of hydrogen-bond acceptors (Lipinski definition) is 5. The van der Waals surface area contributed by atoms with E-state index in [9.17, 15) is 0 Å². The molecule has 2 aliphatic rings. The summed E-state index contributed by atoms with van der Waals surface area (Å²) in [6, 6.07) is 51.8. The predicted molar refractivity (Wildman–Crippen MR) is 192 cm³/mol. The number of benzene rings is 6. The molecule has 0 atom stereocenters. The fraction of sp³-hybridized carbons (Fsp3) is 0.0698. The summed E-state index contributed by atoms with van der Waals surface area (Å²) in [4.78, 5) is 12.3. The topological polar surface area (TPSA) is 47.5 Å². The van der Waals surface area contributed by atoms with Crippen LogP contribution in [0.4, 0.5) is 17.1 Å². The van der Waals surface area contributed by atoms with Crippen LogP contribution < -0.4 is 14.4 Å². The number of nitrogens with zero attached hydrogens (tertiary/aromatic N) is 3. The lowest BCUT2D eigenvalue weighted by Gasteiger charge is -2.42. The SMILES string of the molecule is CC1(C)c2ccccc2N(c2ccc3c(c2)Oc2cc(-c4nc(-c5ccccc5)cc(-c5ccccc5)n4)ccc2O3)c2ccccc21. The van der Waals surface area contributed by atoms with Crippen molar-refractivity contribution in [1.82, 2.24) is 9.97 Å². The third-order valence-electron chi connectivity index (χ3n) is 9.33. The third-order valence-corrected chi connectivity index (χ3v) is 9.33. The highest BCUT2D eigenvalue weighted by atomic mass is 16.6. The van der Waals surface area contributed by atoms with E-state index in [1.165, 1.54) is 11.1 Å². The number of aromatic nitrogens is 2. The van der Waals surface area contributed by atoms with Crippen molar-refractivity contribution >= 4 is 17.1 Å². The zero-order valence-corrected chi connectivity index (χ0v) is 26.6. The Labute approximate surface area is 279 Å². The smallest absolute Gasteiger partial charge is 0.172 e. The van der Waals surface area contributed by atoms with Crippen molar-refractivity contribution in [2.24, 2.45) is 0 Å². The van der Waals surface area contributed by atoms with E-state index in [2.05, 4.69) is 104 Å². The van der Waals surface area contributed by atoms with Gasteiger partial charge in [0.1, 0.15) is 0 Å². The van der Waals surface area contributed by atoms with Crippen LogP contribution in [0.1, 0.15) is 25.0 Å². The Morgan fingerprint density at radius 2 is 0.958 bits per heavy atom. The predicted octanol–water partition coefficient (Wildman–Crippen LogP) is 11.5. The molecule has 0 amide bonds. The molecule has 0 aliphatic carbocycles. The molecule has 0 saturated carbocycles. The van der Waals surface area contributed by atoms with Gasteiger partial charge in [0.05, 0.1) is 28.5 Å². The molecule has 0 radical (unpaired) electrons. The van der Waals surface area contributed by atoms with Crippen LogP contribution in [0.3, 0.4) is 0 Å². The normalized spacial score (nSPS) is 13.7. The van der Waals surface area contributed by atoms with Gasteiger partial charge in [-0.05, 0) is 59.7 Å². The van der Waals surface area contributed by atoms with Crippen LogP contribution in [0, 0.1) is 0 Å². The number of para-hydroxylation sites is 2. The summed E-state index contributed by atoms with van der Waals surface area (Å²) in [5.74, 6) is 3.21. The second-order valence-corrected chi connectivity index (χ2v) is 12.7. The molecule has 0 saturated heterocycles. The first-order valence-corrected chi connectivity index (χ1v) is 16.2. The summed E-state index contributed by atoms with van der Waals surface area (Å²) >= 11 is 0. The molecule has 0 unspecified atom stereocenters. The molecule has 0 fully saturated rings. The van der Waals surface area contributed by atoms with Gasteiger partial charge in [-0.15, -0.1) is 0 Å². The van der Waals surface area contributed by atoms with Gasteiger partial charge in [-0.25, -0.2) is 9.97 Å². The van der Waals surface area contributed by atoms with Gasteiger partial charge in [-0.1, -0.05) is 111 Å². The fourth-order valence-electron chi connectivity index (χ4n) is 6.89. The average molecular weight is 622 g/mol. The zero-order valence-electron chi connectivity index (χ0n) is 26.6. The Hall–Kier alpha value is -6.20. The first-order valence-electron chi connectivity index (χ1n) is 16.2. The lowest BCUT2D eigenvalue weighted by atomic mass is 9.73. The van der Waals surface area contributed by atoms with E-state index in [-0.39, 0.29) is 5.41 Å². The fourth-order valence-corrected chi connectivity index (χ4v) is 6.89. The molecule has 0 bridgehead atoms.